The molecule has 2 aromatic rings. The summed E-state index contributed by atoms with van der Waals surface area (Å²) in [6.45, 7) is 4.31. The molecule has 0 amide bonds. The molecule has 1 aliphatic rings. The second kappa shape index (κ2) is 10.7. The van der Waals surface area contributed by atoms with Crippen molar-refractivity contribution in [2.45, 2.75) is 32.2 Å². The average Bonchev–Trinajstić information content (AvgIpc) is 2.58. The number of nitrogens with two attached hydrogens (primary N) is 1. The van der Waals surface area contributed by atoms with E-state index in [0.717, 1.165) is 13.0 Å². The van der Waals surface area contributed by atoms with Gasteiger partial charge in [0.1, 0.15) is 0 Å². The van der Waals surface area contributed by atoms with Gasteiger partial charge < -0.3 is 5.73 Å². The summed E-state index contributed by atoms with van der Waals surface area (Å²) in [7, 11) is 0. The van der Waals surface area contributed by atoms with Gasteiger partial charge in [-0.3, -0.25) is 4.90 Å². The van der Waals surface area contributed by atoms with Crippen molar-refractivity contribution in [1.29, 1.82) is 0 Å². The molecule has 1 saturated heterocycles. The normalized spacial score (nSPS) is 14.5. The van der Waals surface area contributed by atoms with Crippen LogP contribution in [0, 0.1) is 0 Å². The van der Waals surface area contributed by atoms with E-state index in [1.165, 1.54) is 54.6 Å². The third-order valence-electron chi connectivity index (χ3n) is 4.53. The molecular formula is C20H28Cl2N2. The second-order valence-electron chi connectivity index (χ2n) is 6.27. The topological polar surface area (TPSA) is 29.3 Å². The fourth-order valence-electron chi connectivity index (χ4n) is 3.21. The lowest BCUT2D eigenvalue weighted by Crippen LogP contribution is -2.28. The van der Waals surface area contributed by atoms with Crippen molar-refractivity contribution >= 4 is 24.8 Å². The fourth-order valence-corrected chi connectivity index (χ4v) is 3.21. The van der Waals surface area contributed by atoms with Gasteiger partial charge in [-0.1, -0.05) is 55.0 Å². The monoisotopic (exact) mass is 366 g/mol. The van der Waals surface area contributed by atoms with Gasteiger partial charge in [0, 0.05) is 6.54 Å². The van der Waals surface area contributed by atoms with Crippen molar-refractivity contribution in [3.8, 4) is 11.1 Å². The summed E-state index contributed by atoms with van der Waals surface area (Å²) in [6.07, 6.45) is 5.06. The van der Waals surface area contributed by atoms with Gasteiger partial charge in [-0.15, -0.1) is 24.8 Å². The van der Waals surface area contributed by atoms with Crippen molar-refractivity contribution in [3.05, 3.63) is 59.7 Å². The predicted molar refractivity (Wildman–Crippen MR) is 108 cm³/mol. The van der Waals surface area contributed by atoms with E-state index in [1.54, 1.807) is 0 Å². The van der Waals surface area contributed by atoms with E-state index < -0.39 is 0 Å². The first-order valence-corrected chi connectivity index (χ1v) is 8.46. The van der Waals surface area contributed by atoms with Crippen LogP contribution in [0.25, 0.3) is 11.1 Å². The minimum absolute atomic E-state index is 0. The molecule has 1 heterocycles. The zero-order valence-electron chi connectivity index (χ0n) is 14.1. The van der Waals surface area contributed by atoms with Gasteiger partial charge >= 0.3 is 0 Å². The highest BCUT2D eigenvalue weighted by atomic mass is 35.5. The van der Waals surface area contributed by atoms with E-state index in [-0.39, 0.29) is 24.8 Å². The Labute approximate surface area is 158 Å². The van der Waals surface area contributed by atoms with E-state index >= 15 is 0 Å². The van der Waals surface area contributed by atoms with Crippen LogP contribution < -0.4 is 5.73 Å². The maximum absolute atomic E-state index is 5.60. The molecule has 1 aliphatic heterocycles. The molecule has 2 N–H and O–H groups in total. The highest BCUT2D eigenvalue weighted by Crippen LogP contribution is 2.21. The molecule has 0 atom stereocenters. The van der Waals surface area contributed by atoms with Crippen molar-refractivity contribution in [2.24, 2.45) is 5.73 Å². The Kier molecular flexibility index (Phi) is 9.38. The average molecular weight is 367 g/mol. The van der Waals surface area contributed by atoms with E-state index in [4.69, 9.17) is 5.73 Å². The number of nitrogens with zero attached hydrogens (tertiary/aromatic N) is 1. The first-order valence-electron chi connectivity index (χ1n) is 8.46. The summed E-state index contributed by atoms with van der Waals surface area (Å²) in [4.78, 5) is 2.57. The molecule has 0 aliphatic carbocycles. The largest absolute Gasteiger partial charge is 0.330 e. The number of hydrogen-bond acceptors (Lipinski definition) is 2. The number of likely N-dealkylation sites (tertiary alicyclic amines) is 1. The highest BCUT2D eigenvalue weighted by Gasteiger charge is 2.10. The predicted octanol–water partition coefficient (Wildman–Crippen LogP) is 4.68. The molecule has 0 spiro atoms. The minimum atomic E-state index is 0. The molecule has 0 unspecified atom stereocenters. The molecule has 0 radical (unpaired) electrons. The number of piperidine rings is 1. The molecule has 0 saturated carbocycles. The molecule has 1 fully saturated rings. The Morgan fingerprint density at radius 1 is 0.708 bits per heavy atom. The number of halogens is 2. The summed E-state index contributed by atoms with van der Waals surface area (Å²) >= 11 is 0. The minimum Gasteiger partial charge on any atom is -0.330 e. The Hall–Kier alpha value is -1.06. The zero-order valence-corrected chi connectivity index (χ0v) is 15.7. The van der Waals surface area contributed by atoms with Crippen LogP contribution in [-0.4, -0.2) is 24.5 Å². The van der Waals surface area contributed by atoms with E-state index in [2.05, 4.69) is 53.4 Å². The number of rotatable bonds is 5. The van der Waals surface area contributed by atoms with Crippen LogP contribution in [0.2, 0.25) is 0 Å². The molecule has 0 bridgehead atoms. The lowest BCUT2D eigenvalue weighted by Gasteiger charge is -2.26. The first kappa shape index (κ1) is 21.0. The van der Waals surface area contributed by atoms with Crippen molar-refractivity contribution in [1.82, 2.24) is 4.90 Å². The van der Waals surface area contributed by atoms with Gasteiger partial charge in [0.25, 0.3) is 0 Å². The van der Waals surface area contributed by atoms with Gasteiger partial charge in [-0.05, 0) is 61.2 Å². The Bertz CT molecular complexity index is 576. The molecular weight excluding hydrogens is 339 g/mol. The van der Waals surface area contributed by atoms with Crippen molar-refractivity contribution in [2.75, 3.05) is 19.6 Å². The molecule has 0 aromatic heterocycles. The molecule has 2 nitrogen and oxygen atoms in total. The zero-order chi connectivity index (χ0) is 15.2. The molecule has 132 valence electrons. The third kappa shape index (κ3) is 5.78. The molecule has 3 rings (SSSR count). The summed E-state index contributed by atoms with van der Waals surface area (Å²) in [5, 5.41) is 0. The van der Waals surface area contributed by atoms with Crippen LogP contribution in [0.3, 0.4) is 0 Å². The summed E-state index contributed by atoms with van der Waals surface area (Å²) in [5.74, 6) is 0. The smallest absolute Gasteiger partial charge is 0.0233 e. The van der Waals surface area contributed by atoms with Crippen LogP contribution in [0.15, 0.2) is 48.5 Å². The first-order chi connectivity index (χ1) is 10.8. The van der Waals surface area contributed by atoms with Crippen LogP contribution >= 0.6 is 24.8 Å². The maximum atomic E-state index is 5.60. The summed E-state index contributed by atoms with van der Waals surface area (Å²) < 4.78 is 0. The van der Waals surface area contributed by atoms with Crippen molar-refractivity contribution in [3.63, 3.8) is 0 Å². The standard InChI is InChI=1S/C20H26N2.2ClH/c21-13-12-17-4-8-19(9-5-17)20-10-6-18(7-11-20)16-22-14-2-1-3-15-22;;/h4-11H,1-3,12-16,21H2;2*1H. The van der Waals surface area contributed by atoms with Gasteiger partial charge in [0.2, 0.25) is 0 Å². The van der Waals surface area contributed by atoms with E-state index in [0.29, 0.717) is 6.54 Å². The van der Waals surface area contributed by atoms with E-state index in [9.17, 15) is 0 Å². The second-order valence-corrected chi connectivity index (χ2v) is 6.27. The summed E-state index contributed by atoms with van der Waals surface area (Å²) in [6, 6.07) is 17.8. The van der Waals surface area contributed by atoms with Crippen LogP contribution in [0.5, 0.6) is 0 Å². The van der Waals surface area contributed by atoms with Gasteiger partial charge in [-0.25, -0.2) is 0 Å². The Morgan fingerprint density at radius 2 is 1.21 bits per heavy atom. The number of benzene rings is 2. The maximum Gasteiger partial charge on any atom is 0.0233 e. The molecule has 4 heteroatoms. The van der Waals surface area contributed by atoms with E-state index in [1.807, 2.05) is 0 Å². The van der Waals surface area contributed by atoms with Crippen molar-refractivity contribution < 1.29 is 0 Å². The lowest BCUT2D eigenvalue weighted by molar-refractivity contribution is 0.221. The third-order valence-corrected chi connectivity index (χ3v) is 4.53. The lowest BCUT2D eigenvalue weighted by atomic mass is 10.0. The van der Waals surface area contributed by atoms with Crippen LogP contribution in [0.1, 0.15) is 30.4 Å². The van der Waals surface area contributed by atoms with Crippen LogP contribution in [-0.2, 0) is 13.0 Å². The highest BCUT2D eigenvalue weighted by molar-refractivity contribution is 5.85. The van der Waals surface area contributed by atoms with Gasteiger partial charge in [0.15, 0.2) is 0 Å². The molecule has 24 heavy (non-hydrogen) atoms. The van der Waals surface area contributed by atoms with Crippen LogP contribution in [0.4, 0.5) is 0 Å². The van der Waals surface area contributed by atoms with Gasteiger partial charge in [0.05, 0.1) is 0 Å². The number of hydrogen-bond donors (Lipinski definition) is 1. The fraction of sp³-hybridized carbons (Fsp3) is 0.400. The Morgan fingerprint density at radius 3 is 1.71 bits per heavy atom. The summed E-state index contributed by atoms with van der Waals surface area (Å²) in [5.41, 5.74) is 10.9. The van der Waals surface area contributed by atoms with Gasteiger partial charge in [-0.2, -0.15) is 0 Å². The quantitative estimate of drug-likeness (QED) is 0.831. The Balaban J connectivity index is 0.00000144. The SMILES string of the molecule is Cl.Cl.NCCc1ccc(-c2ccc(CN3CCCCC3)cc2)cc1. The molecule has 2 aromatic carbocycles.